The van der Waals surface area contributed by atoms with Gasteiger partial charge < -0.3 is 20.1 Å². The van der Waals surface area contributed by atoms with Crippen LogP contribution in [0.4, 0.5) is 14.6 Å². The highest BCUT2D eigenvalue weighted by molar-refractivity contribution is 7.83. The first kappa shape index (κ1) is 29.4. The SMILES string of the molecule is C#Cc1c(F)ccc2cc(O)cc(C3=Cc4nc(OC[C@@]56CCCN5C[C@H](F)C6)nc(N5CC6CCC(C5)N6)c4S(=O)N3C3CC3)c12. The van der Waals surface area contributed by atoms with E-state index in [0.29, 0.717) is 63.5 Å². The molecule has 12 heteroatoms. The number of benzene rings is 2. The number of terminal acetylenes is 1. The lowest BCUT2D eigenvalue weighted by Gasteiger charge is -2.37. The van der Waals surface area contributed by atoms with E-state index in [2.05, 4.69) is 21.0 Å². The maximum Gasteiger partial charge on any atom is 0.319 e. The Kier molecular flexibility index (Phi) is 6.79. The summed E-state index contributed by atoms with van der Waals surface area (Å²) >= 11 is 0. The van der Waals surface area contributed by atoms with Crippen molar-refractivity contribution in [3.63, 3.8) is 0 Å². The molecule has 2 aromatic carbocycles. The highest BCUT2D eigenvalue weighted by atomic mass is 32.2. The van der Waals surface area contributed by atoms with E-state index in [1.54, 1.807) is 18.2 Å². The summed E-state index contributed by atoms with van der Waals surface area (Å²) in [6.07, 6.45) is 12.9. The number of phenols is 1. The van der Waals surface area contributed by atoms with Crippen molar-refractivity contribution in [2.45, 2.75) is 79.7 Å². The topological polar surface area (TPSA) is 94.1 Å². The fraction of sp³-hybridized carbons (Fsp3) is 0.486. The Balaban J connectivity index is 1.21. The highest BCUT2D eigenvalue weighted by Gasteiger charge is 2.50. The van der Waals surface area contributed by atoms with Gasteiger partial charge in [-0.15, -0.1) is 6.42 Å². The second-order valence-corrected chi connectivity index (χ2v) is 15.2. The zero-order valence-corrected chi connectivity index (χ0v) is 26.7. The summed E-state index contributed by atoms with van der Waals surface area (Å²) in [7, 11) is -1.72. The molecule has 5 atom stereocenters. The molecule has 5 aliphatic heterocycles. The number of alkyl halides is 1. The number of rotatable bonds is 6. The Morgan fingerprint density at radius 3 is 2.72 bits per heavy atom. The Morgan fingerprint density at radius 1 is 1.15 bits per heavy atom. The standard InChI is InChI=1S/C35H36F2N6O3S/c1-2-26-28(37)9-4-20-12-25(44)13-27(31(20)26)30-14-29-32(47(45)43(30)24-7-8-24)33(41-17-22-5-6-23(18-41)38-22)40-34(39-29)46-19-35-10-3-11-42(35)16-21(36)15-35/h1,4,9,12-14,21-24,38,44H,3,5-8,10-11,15-19H2/t21-,22?,23?,35+,47?/m1/s1. The van der Waals surface area contributed by atoms with Gasteiger partial charge in [0.1, 0.15) is 29.2 Å². The average molecular weight is 659 g/mol. The quantitative estimate of drug-likeness (QED) is 0.378. The molecule has 9 rings (SSSR count). The number of piperazine rings is 1. The first-order valence-corrected chi connectivity index (χ1v) is 17.7. The van der Waals surface area contributed by atoms with Crippen LogP contribution in [0.15, 0.2) is 29.2 Å². The molecular weight excluding hydrogens is 622 g/mol. The summed E-state index contributed by atoms with van der Waals surface area (Å²) in [4.78, 5) is 14.7. The third-order valence-electron chi connectivity index (χ3n) is 10.8. The number of hydrogen-bond acceptors (Lipinski definition) is 8. The number of ether oxygens (including phenoxy) is 1. The highest BCUT2D eigenvalue weighted by Crippen LogP contribution is 2.47. The molecule has 5 fully saturated rings. The van der Waals surface area contributed by atoms with E-state index in [0.717, 1.165) is 58.2 Å². The fourth-order valence-corrected chi connectivity index (χ4v) is 10.2. The molecule has 6 aliphatic rings. The van der Waals surface area contributed by atoms with Gasteiger partial charge in [0.05, 0.1) is 22.5 Å². The number of nitrogens with one attached hydrogen (secondary N) is 1. The lowest BCUT2D eigenvalue weighted by molar-refractivity contribution is 0.107. The van der Waals surface area contributed by atoms with Gasteiger partial charge in [0, 0.05) is 55.1 Å². The predicted molar refractivity (Wildman–Crippen MR) is 175 cm³/mol. The first-order chi connectivity index (χ1) is 22.8. The second kappa shape index (κ2) is 10.9. The van der Waals surface area contributed by atoms with E-state index >= 15 is 4.39 Å². The van der Waals surface area contributed by atoms with Gasteiger partial charge in [0.15, 0.2) is 16.8 Å². The van der Waals surface area contributed by atoms with E-state index in [1.165, 1.54) is 6.07 Å². The average Bonchev–Trinajstić information content (AvgIpc) is 3.63. The maximum absolute atomic E-state index is 15.1. The first-order valence-electron chi connectivity index (χ1n) is 16.6. The summed E-state index contributed by atoms with van der Waals surface area (Å²) in [5, 5.41) is 15.5. The molecule has 6 heterocycles. The second-order valence-electron chi connectivity index (χ2n) is 13.9. The van der Waals surface area contributed by atoms with E-state index in [-0.39, 0.29) is 35.5 Å². The maximum atomic E-state index is 15.1. The molecule has 1 saturated carbocycles. The molecule has 2 N–H and O–H groups in total. The molecule has 47 heavy (non-hydrogen) atoms. The van der Waals surface area contributed by atoms with Gasteiger partial charge in [-0.25, -0.2) is 13.0 Å². The molecule has 0 amide bonds. The van der Waals surface area contributed by atoms with Gasteiger partial charge in [-0.05, 0) is 74.7 Å². The number of aromatic nitrogens is 2. The summed E-state index contributed by atoms with van der Waals surface area (Å²) in [5.74, 6) is 2.54. The normalized spacial score (nSPS) is 29.9. The van der Waals surface area contributed by atoms with Crippen LogP contribution in [0.5, 0.6) is 11.8 Å². The van der Waals surface area contributed by atoms with Crippen molar-refractivity contribution in [3.05, 3.63) is 46.9 Å². The van der Waals surface area contributed by atoms with Gasteiger partial charge in [0.25, 0.3) is 0 Å². The number of phenolic OH excluding ortho intramolecular Hbond substituents is 1. The van der Waals surface area contributed by atoms with Crippen LogP contribution in [0.3, 0.4) is 0 Å². The van der Waals surface area contributed by atoms with Crippen LogP contribution < -0.4 is 15.0 Å². The van der Waals surface area contributed by atoms with Gasteiger partial charge in [-0.1, -0.05) is 12.0 Å². The van der Waals surface area contributed by atoms with Crippen molar-refractivity contribution in [1.82, 2.24) is 24.5 Å². The Hall–Kier alpha value is -3.79. The minimum atomic E-state index is -1.72. The third kappa shape index (κ3) is 4.80. The van der Waals surface area contributed by atoms with Gasteiger partial charge in [-0.3, -0.25) is 9.21 Å². The molecule has 0 spiro atoms. The number of nitrogens with zero attached hydrogens (tertiary/aromatic N) is 5. The molecule has 4 saturated heterocycles. The van der Waals surface area contributed by atoms with Crippen LogP contribution in [0.1, 0.15) is 61.8 Å². The molecule has 9 nitrogen and oxygen atoms in total. The van der Waals surface area contributed by atoms with Crippen LogP contribution in [-0.4, -0.2) is 91.1 Å². The minimum Gasteiger partial charge on any atom is -0.508 e. The van der Waals surface area contributed by atoms with Crippen LogP contribution in [0.25, 0.3) is 22.5 Å². The molecule has 0 radical (unpaired) electrons. The smallest absolute Gasteiger partial charge is 0.319 e. The molecule has 3 aromatic rings. The predicted octanol–water partition coefficient (Wildman–Crippen LogP) is 4.35. The Morgan fingerprint density at radius 2 is 1.96 bits per heavy atom. The molecule has 3 unspecified atom stereocenters. The van der Waals surface area contributed by atoms with Gasteiger partial charge >= 0.3 is 6.01 Å². The van der Waals surface area contributed by atoms with Gasteiger partial charge in [-0.2, -0.15) is 9.97 Å². The van der Waals surface area contributed by atoms with Crippen molar-refractivity contribution in [2.75, 3.05) is 37.7 Å². The monoisotopic (exact) mass is 658 g/mol. The molecule has 244 valence electrons. The fourth-order valence-electron chi connectivity index (χ4n) is 8.58. The van der Waals surface area contributed by atoms with Crippen molar-refractivity contribution in [2.24, 2.45) is 0 Å². The summed E-state index contributed by atoms with van der Waals surface area (Å²) in [5.41, 5.74) is 1.19. The van der Waals surface area contributed by atoms with Crippen LogP contribution in [0.2, 0.25) is 0 Å². The molecular formula is C35H36F2N6O3S. The summed E-state index contributed by atoms with van der Waals surface area (Å²) < 4.78 is 52.7. The van der Waals surface area contributed by atoms with Crippen LogP contribution in [0, 0.1) is 18.2 Å². The van der Waals surface area contributed by atoms with Crippen LogP contribution >= 0.6 is 0 Å². The molecule has 2 bridgehead atoms. The number of aromatic hydroxyl groups is 1. The van der Waals surface area contributed by atoms with E-state index < -0.39 is 23.0 Å². The number of fused-ring (bicyclic) bond motifs is 5. The summed E-state index contributed by atoms with van der Waals surface area (Å²) in [6.45, 7) is 2.99. The van der Waals surface area contributed by atoms with E-state index in [9.17, 15) is 13.7 Å². The number of anilines is 1. The third-order valence-corrected chi connectivity index (χ3v) is 12.4. The Labute approximate surface area is 274 Å². The number of hydrogen-bond donors (Lipinski definition) is 2. The lowest BCUT2D eigenvalue weighted by atomic mass is 9.95. The van der Waals surface area contributed by atoms with E-state index in [4.69, 9.17) is 21.1 Å². The van der Waals surface area contributed by atoms with Crippen molar-refractivity contribution in [1.29, 1.82) is 0 Å². The van der Waals surface area contributed by atoms with Crippen molar-refractivity contribution < 1.29 is 22.8 Å². The summed E-state index contributed by atoms with van der Waals surface area (Å²) in [6, 6.07) is 6.77. The zero-order valence-electron chi connectivity index (χ0n) is 25.9. The number of halogens is 2. The molecule has 1 aromatic heterocycles. The minimum absolute atomic E-state index is 0.0119. The lowest BCUT2D eigenvalue weighted by Crippen LogP contribution is -2.52. The molecule has 1 aliphatic carbocycles. The zero-order chi connectivity index (χ0) is 32.0. The Bertz CT molecular complexity index is 1900. The van der Waals surface area contributed by atoms with E-state index in [1.807, 2.05) is 10.4 Å². The van der Waals surface area contributed by atoms with Crippen molar-refractivity contribution in [3.8, 4) is 24.1 Å². The largest absolute Gasteiger partial charge is 0.508 e. The van der Waals surface area contributed by atoms with Crippen LogP contribution in [-0.2, 0) is 11.0 Å². The van der Waals surface area contributed by atoms with Gasteiger partial charge in [0.2, 0.25) is 0 Å². The van der Waals surface area contributed by atoms with Crippen molar-refractivity contribution >= 4 is 39.3 Å².